The number of amides is 2. The zero-order valence-electron chi connectivity index (χ0n) is 19.2. The summed E-state index contributed by atoms with van der Waals surface area (Å²) in [4.78, 5) is 26.6. The molecule has 0 saturated carbocycles. The van der Waals surface area contributed by atoms with Gasteiger partial charge in [0, 0.05) is 5.56 Å². The first-order valence-corrected chi connectivity index (χ1v) is 12.6. The monoisotopic (exact) mass is 506 g/mol. The first-order chi connectivity index (χ1) is 16.2. The van der Waals surface area contributed by atoms with Crippen LogP contribution in [0.25, 0.3) is 11.1 Å². The van der Waals surface area contributed by atoms with Gasteiger partial charge in [-0.15, -0.1) is 11.3 Å². The molecule has 12 heteroatoms. The fourth-order valence-corrected chi connectivity index (χ4v) is 5.69. The van der Waals surface area contributed by atoms with E-state index in [0.717, 1.165) is 11.3 Å². The van der Waals surface area contributed by atoms with Crippen molar-refractivity contribution in [3.63, 3.8) is 0 Å². The van der Waals surface area contributed by atoms with E-state index in [2.05, 4.69) is 15.4 Å². The molecular formula is C22H26N4O6S2. The molecule has 0 spiro atoms. The number of nitrogens with one attached hydrogen (secondary N) is 1. The number of carbonyl (C=O) groups excluding carboxylic acids is 1. The fraction of sp³-hybridized carbons (Fsp3) is 0.318. The maximum absolute atomic E-state index is 13.9. The Morgan fingerprint density at radius 2 is 1.94 bits per heavy atom. The lowest BCUT2D eigenvalue weighted by Crippen LogP contribution is -2.45. The van der Waals surface area contributed by atoms with Crippen LogP contribution < -0.4 is 14.5 Å². The highest BCUT2D eigenvalue weighted by atomic mass is 32.2. The molecule has 1 aromatic carbocycles. The van der Waals surface area contributed by atoms with Crippen LogP contribution in [0.3, 0.4) is 0 Å². The molecule has 2 amide bonds. The second-order valence-electron chi connectivity index (χ2n) is 7.70. The molecule has 0 radical (unpaired) electrons. The van der Waals surface area contributed by atoms with Crippen molar-refractivity contribution in [3.8, 4) is 17.0 Å². The number of urea groups is 1. The quantitative estimate of drug-likeness (QED) is 0.422. The molecule has 0 aliphatic rings. The number of methoxy groups -OCH3 is 1. The number of aliphatic hydroxyl groups is 1. The first kappa shape index (κ1) is 25.6. The summed E-state index contributed by atoms with van der Waals surface area (Å²) in [6.07, 6.45) is 1.34. The van der Waals surface area contributed by atoms with Crippen LogP contribution in [-0.4, -0.2) is 43.2 Å². The largest absolute Gasteiger partial charge is 0.478 e. The van der Waals surface area contributed by atoms with Gasteiger partial charge < -0.3 is 9.84 Å². The Morgan fingerprint density at radius 1 is 1.24 bits per heavy atom. The van der Waals surface area contributed by atoms with E-state index in [1.54, 1.807) is 42.6 Å². The van der Waals surface area contributed by atoms with Gasteiger partial charge in [-0.2, -0.15) is 12.7 Å². The zero-order valence-corrected chi connectivity index (χ0v) is 20.8. The van der Waals surface area contributed by atoms with Crippen molar-refractivity contribution in [1.29, 1.82) is 0 Å². The topological polar surface area (TPSA) is 131 Å². The third kappa shape index (κ3) is 5.53. The van der Waals surface area contributed by atoms with E-state index < -0.39 is 16.1 Å². The average molecular weight is 507 g/mol. The summed E-state index contributed by atoms with van der Waals surface area (Å²) in [6, 6.07) is 7.38. The third-order valence-corrected chi connectivity index (χ3v) is 7.68. The van der Waals surface area contributed by atoms with Crippen LogP contribution in [0.15, 0.2) is 46.1 Å². The molecule has 0 atom stereocenters. The number of aliphatic hydroxyl groups excluding tert-OH is 1. The minimum atomic E-state index is -4.47. The molecular weight excluding hydrogens is 480 g/mol. The van der Waals surface area contributed by atoms with Crippen molar-refractivity contribution >= 4 is 33.2 Å². The normalized spacial score (nSPS) is 11.5. The van der Waals surface area contributed by atoms with Gasteiger partial charge >= 0.3 is 6.03 Å². The number of benzene rings is 1. The summed E-state index contributed by atoms with van der Waals surface area (Å²) in [5.74, 6) is -0.327. The lowest BCUT2D eigenvalue weighted by molar-refractivity contribution is 0.0471. The summed E-state index contributed by atoms with van der Waals surface area (Å²) < 4.78 is 33.4. The molecule has 0 unspecified atom stereocenters. The van der Waals surface area contributed by atoms with Crippen LogP contribution in [0.2, 0.25) is 0 Å². The van der Waals surface area contributed by atoms with E-state index in [1.807, 2.05) is 13.8 Å². The number of carbonyl (C=O) groups is 1. The van der Waals surface area contributed by atoms with Crippen molar-refractivity contribution in [3.05, 3.63) is 53.2 Å². The van der Waals surface area contributed by atoms with E-state index in [0.29, 0.717) is 26.7 Å². The van der Waals surface area contributed by atoms with Gasteiger partial charge in [-0.05, 0) is 35.4 Å². The van der Waals surface area contributed by atoms with Crippen molar-refractivity contribution in [2.45, 2.75) is 31.6 Å². The Morgan fingerprint density at radius 3 is 2.56 bits per heavy atom. The lowest BCUT2D eigenvalue weighted by atomic mass is 10.1. The van der Waals surface area contributed by atoms with Crippen molar-refractivity contribution in [2.24, 2.45) is 5.92 Å². The molecule has 0 saturated heterocycles. The second-order valence-corrected chi connectivity index (χ2v) is 10.6. The predicted molar refractivity (Wildman–Crippen MR) is 128 cm³/mol. The van der Waals surface area contributed by atoms with Crippen molar-refractivity contribution in [1.82, 2.24) is 15.4 Å². The third-order valence-electron chi connectivity index (χ3n) is 4.54. The molecule has 34 heavy (non-hydrogen) atoms. The van der Waals surface area contributed by atoms with Gasteiger partial charge in [0.1, 0.15) is 4.21 Å². The van der Waals surface area contributed by atoms with Gasteiger partial charge in [-0.25, -0.2) is 20.2 Å². The number of hydrogen-bond donors (Lipinski definition) is 2. The SMILES string of the molecule is COc1nc(C)cnc1N(C(=O)NOCC(C)C)S(=O)(=O)c1sccc1-c1ccc(CO)cc1. The van der Waals surface area contributed by atoms with Gasteiger partial charge in [0.25, 0.3) is 15.9 Å². The van der Waals surface area contributed by atoms with E-state index in [-0.39, 0.29) is 35.0 Å². The van der Waals surface area contributed by atoms with E-state index in [4.69, 9.17) is 9.57 Å². The maximum Gasteiger partial charge on any atom is 0.361 e. The zero-order chi connectivity index (χ0) is 24.9. The Bertz CT molecular complexity index is 1240. The van der Waals surface area contributed by atoms with Crippen LogP contribution in [0.1, 0.15) is 25.1 Å². The number of hydroxylamine groups is 1. The van der Waals surface area contributed by atoms with Crippen LogP contribution in [0.5, 0.6) is 5.88 Å². The van der Waals surface area contributed by atoms with Gasteiger partial charge in [0.2, 0.25) is 5.82 Å². The molecule has 3 aromatic rings. The van der Waals surface area contributed by atoms with E-state index >= 15 is 0 Å². The number of nitrogens with zero attached hydrogens (tertiary/aromatic N) is 3. The fourth-order valence-electron chi connectivity index (χ4n) is 2.94. The Labute approximate surface area is 202 Å². The minimum absolute atomic E-state index is 0.0762. The first-order valence-electron chi connectivity index (χ1n) is 10.3. The average Bonchev–Trinajstić information content (AvgIpc) is 3.31. The van der Waals surface area contributed by atoms with Gasteiger partial charge in [0.05, 0.1) is 32.2 Å². The maximum atomic E-state index is 13.9. The number of hydrogen-bond acceptors (Lipinski definition) is 9. The molecule has 0 bridgehead atoms. The van der Waals surface area contributed by atoms with Crippen molar-refractivity contribution in [2.75, 3.05) is 18.0 Å². The van der Waals surface area contributed by atoms with Gasteiger partial charge in [-0.1, -0.05) is 38.1 Å². The van der Waals surface area contributed by atoms with Crippen LogP contribution in [-0.2, 0) is 21.5 Å². The predicted octanol–water partition coefficient (Wildman–Crippen LogP) is 3.51. The highest BCUT2D eigenvalue weighted by Crippen LogP contribution is 2.37. The highest BCUT2D eigenvalue weighted by molar-refractivity contribution is 7.95. The molecule has 3 rings (SSSR count). The van der Waals surface area contributed by atoms with E-state index in [9.17, 15) is 18.3 Å². The number of rotatable bonds is 9. The number of sulfonamides is 1. The molecule has 0 fully saturated rings. The molecule has 2 heterocycles. The van der Waals surface area contributed by atoms with E-state index in [1.165, 1.54) is 13.3 Å². The molecule has 2 N–H and O–H groups in total. The minimum Gasteiger partial charge on any atom is -0.478 e. The van der Waals surface area contributed by atoms with Crippen LogP contribution in [0, 0.1) is 12.8 Å². The lowest BCUT2D eigenvalue weighted by Gasteiger charge is -2.23. The smallest absolute Gasteiger partial charge is 0.361 e. The highest BCUT2D eigenvalue weighted by Gasteiger charge is 2.38. The number of aryl methyl sites for hydroxylation is 1. The van der Waals surface area contributed by atoms with Crippen LogP contribution >= 0.6 is 11.3 Å². The molecule has 0 aliphatic carbocycles. The summed E-state index contributed by atoms with van der Waals surface area (Å²) in [5, 5.41) is 10.9. The summed E-state index contributed by atoms with van der Waals surface area (Å²) in [5.41, 5.74) is 4.35. The summed E-state index contributed by atoms with van der Waals surface area (Å²) in [7, 11) is -3.16. The Kier molecular flexibility index (Phi) is 8.20. The number of thiophene rings is 1. The Hall–Kier alpha value is -3.06. The second kappa shape index (κ2) is 10.9. The molecule has 0 aliphatic heterocycles. The van der Waals surface area contributed by atoms with Gasteiger partial charge in [-0.3, -0.25) is 4.84 Å². The van der Waals surface area contributed by atoms with Crippen LogP contribution in [0.4, 0.5) is 10.6 Å². The molecule has 182 valence electrons. The number of aromatic nitrogens is 2. The molecule has 2 aromatic heterocycles. The number of anilines is 1. The summed E-state index contributed by atoms with van der Waals surface area (Å²) in [6.45, 7) is 5.48. The van der Waals surface area contributed by atoms with Crippen molar-refractivity contribution < 1.29 is 27.9 Å². The standard InChI is InChI=1S/C22H26N4O6S2/c1-14(2)13-32-25-22(28)26(19-20(31-4)24-15(3)11-23-19)34(29,30)21-18(9-10-33-21)17-7-5-16(12-27)6-8-17/h5-11,14,27H,12-13H2,1-4H3,(H,25,28). The molecule has 10 nitrogen and oxygen atoms in total. The van der Waals surface area contributed by atoms with Gasteiger partial charge in [0.15, 0.2) is 0 Å². The Balaban J connectivity index is 2.10. The summed E-state index contributed by atoms with van der Waals surface area (Å²) >= 11 is 0.958. The number of ether oxygens (including phenoxy) is 1.